The van der Waals surface area contributed by atoms with Gasteiger partial charge in [0.25, 0.3) is 0 Å². The monoisotopic (exact) mass is 198 g/mol. The number of hydrogen-bond acceptors (Lipinski definition) is 2. The Labute approximate surface area is 76.9 Å². The van der Waals surface area contributed by atoms with Gasteiger partial charge in [-0.05, 0) is 18.6 Å². The van der Waals surface area contributed by atoms with Crippen LogP contribution < -0.4 is 0 Å². The minimum absolute atomic E-state index is 0.729. The summed E-state index contributed by atoms with van der Waals surface area (Å²) in [5, 5.41) is 0.729. The molecule has 0 unspecified atom stereocenters. The zero-order chi connectivity index (χ0) is 7.98. The van der Waals surface area contributed by atoms with Crippen LogP contribution in [0.25, 0.3) is 0 Å². The van der Waals surface area contributed by atoms with E-state index in [9.17, 15) is 0 Å². The van der Waals surface area contributed by atoms with E-state index in [4.69, 9.17) is 11.6 Å². The van der Waals surface area contributed by atoms with Gasteiger partial charge in [-0.2, -0.15) is 0 Å². The van der Waals surface area contributed by atoms with E-state index in [2.05, 4.69) is 20.1 Å². The van der Waals surface area contributed by atoms with E-state index < -0.39 is 0 Å². The largest absolute Gasteiger partial charge is 0.127 e. The van der Waals surface area contributed by atoms with Crippen LogP contribution in [0.4, 0.5) is 0 Å². The molecule has 0 saturated heterocycles. The van der Waals surface area contributed by atoms with Crippen LogP contribution in [0.3, 0.4) is 0 Å². The second kappa shape index (κ2) is 6.68. The third-order valence-electron chi connectivity index (χ3n) is 1.36. The molecule has 10 heavy (non-hydrogen) atoms. The third-order valence-corrected chi connectivity index (χ3v) is 4.11. The SMILES string of the molecule is CSS[C@@H](CCCl)C(C)C. The highest BCUT2D eigenvalue weighted by molar-refractivity contribution is 8.76. The molecule has 0 rings (SSSR count). The summed E-state index contributed by atoms with van der Waals surface area (Å²) in [6.45, 7) is 4.50. The Bertz CT molecular complexity index is 70.0. The van der Waals surface area contributed by atoms with Crippen molar-refractivity contribution in [3.05, 3.63) is 0 Å². The minimum atomic E-state index is 0.729. The van der Waals surface area contributed by atoms with Crippen LogP contribution in [0.5, 0.6) is 0 Å². The number of hydrogen-bond donors (Lipinski definition) is 0. The van der Waals surface area contributed by atoms with Gasteiger partial charge in [-0.15, -0.1) is 11.6 Å². The van der Waals surface area contributed by atoms with E-state index in [1.54, 1.807) is 0 Å². The summed E-state index contributed by atoms with van der Waals surface area (Å²) in [5.41, 5.74) is 0. The molecule has 0 aliphatic rings. The minimum Gasteiger partial charge on any atom is -0.127 e. The topological polar surface area (TPSA) is 0 Å². The van der Waals surface area contributed by atoms with E-state index >= 15 is 0 Å². The van der Waals surface area contributed by atoms with Gasteiger partial charge in [0.1, 0.15) is 0 Å². The fraction of sp³-hybridized carbons (Fsp3) is 1.00. The molecule has 0 nitrogen and oxygen atoms in total. The first kappa shape index (κ1) is 11.0. The molecule has 0 saturated carbocycles. The predicted octanol–water partition coefficient (Wildman–Crippen LogP) is 3.65. The van der Waals surface area contributed by atoms with Crippen molar-refractivity contribution in [2.24, 2.45) is 5.92 Å². The van der Waals surface area contributed by atoms with Crippen LogP contribution in [0.15, 0.2) is 0 Å². The maximum Gasteiger partial charge on any atom is 0.0234 e. The molecule has 0 aliphatic carbocycles. The molecule has 3 heteroatoms. The highest BCUT2D eigenvalue weighted by Gasteiger charge is 2.11. The van der Waals surface area contributed by atoms with Crippen molar-refractivity contribution in [1.29, 1.82) is 0 Å². The van der Waals surface area contributed by atoms with Gasteiger partial charge in [0.2, 0.25) is 0 Å². The quantitative estimate of drug-likeness (QED) is 0.489. The predicted molar refractivity (Wildman–Crippen MR) is 55.1 cm³/mol. The average Bonchev–Trinajstić information content (AvgIpc) is 1.87. The molecule has 62 valence electrons. The molecule has 0 aromatic heterocycles. The van der Waals surface area contributed by atoms with Crippen molar-refractivity contribution in [1.82, 2.24) is 0 Å². The van der Waals surface area contributed by atoms with Crippen molar-refractivity contribution in [3.8, 4) is 0 Å². The summed E-state index contributed by atoms with van der Waals surface area (Å²) < 4.78 is 0. The third kappa shape index (κ3) is 4.75. The van der Waals surface area contributed by atoms with Crippen molar-refractivity contribution < 1.29 is 0 Å². The Morgan fingerprint density at radius 2 is 2.00 bits per heavy atom. The standard InChI is InChI=1S/C7H15ClS2/c1-6(2)7(4-5-8)10-9-3/h6-7H,4-5H2,1-3H3/t7-/m0/s1. The first-order valence-corrected chi connectivity index (χ1v) is 6.63. The maximum atomic E-state index is 5.65. The van der Waals surface area contributed by atoms with Gasteiger partial charge in [0.05, 0.1) is 0 Å². The van der Waals surface area contributed by atoms with Crippen molar-refractivity contribution in [3.63, 3.8) is 0 Å². The molecule has 1 atom stereocenters. The van der Waals surface area contributed by atoms with E-state index in [0.29, 0.717) is 0 Å². The van der Waals surface area contributed by atoms with Crippen LogP contribution in [0.1, 0.15) is 20.3 Å². The summed E-state index contributed by atoms with van der Waals surface area (Å²) >= 11 is 5.65. The number of rotatable bonds is 5. The van der Waals surface area contributed by atoms with Crippen LogP contribution in [-0.2, 0) is 0 Å². The zero-order valence-electron chi connectivity index (χ0n) is 6.76. The average molecular weight is 199 g/mol. The van der Waals surface area contributed by atoms with Crippen molar-refractivity contribution in [2.75, 3.05) is 12.1 Å². The summed E-state index contributed by atoms with van der Waals surface area (Å²) in [4.78, 5) is 0. The Balaban J connectivity index is 3.50. The normalized spacial score (nSPS) is 14.1. The van der Waals surface area contributed by atoms with E-state index in [1.807, 2.05) is 21.6 Å². The molecule has 0 N–H and O–H groups in total. The van der Waals surface area contributed by atoms with Crippen LogP contribution in [0, 0.1) is 5.92 Å². The van der Waals surface area contributed by atoms with Crippen molar-refractivity contribution >= 4 is 33.2 Å². The summed E-state index contributed by atoms with van der Waals surface area (Å²) in [7, 11) is 3.78. The molecule has 0 spiro atoms. The van der Waals surface area contributed by atoms with Crippen LogP contribution in [0.2, 0.25) is 0 Å². The lowest BCUT2D eigenvalue weighted by Gasteiger charge is -2.16. The lowest BCUT2D eigenvalue weighted by Crippen LogP contribution is -2.10. The first-order chi connectivity index (χ1) is 4.72. The summed E-state index contributed by atoms with van der Waals surface area (Å²) in [6.07, 6.45) is 3.25. The Morgan fingerprint density at radius 1 is 1.40 bits per heavy atom. The van der Waals surface area contributed by atoms with Gasteiger partial charge in [0.15, 0.2) is 0 Å². The fourth-order valence-electron chi connectivity index (χ4n) is 0.724. The summed E-state index contributed by atoms with van der Waals surface area (Å²) in [5.74, 6) is 1.53. The van der Waals surface area contributed by atoms with E-state index in [0.717, 1.165) is 23.5 Å². The fourth-order valence-corrected chi connectivity index (χ4v) is 3.47. The first-order valence-electron chi connectivity index (χ1n) is 3.47. The molecule has 0 amide bonds. The lowest BCUT2D eigenvalue weighted by atomic mass is 10.1. The Kier molecular flexibility index (Phi) is 7.35. The van der Waals surface area contributed by atoms with Gasteiger partial charge in [0, 0.05) is 11.1 Å². The smallest absolute Gasteiger partial charge is 0.0234 e. The molecular weight excluding hydrogens is 184 g/mol. The van der Waals surface area contributed by atoms with Gasteiger partial charge in [-0.3, -0.25) is 0 Å². The highest BCUT2D eigenvalue weighted by atomic mass is 35.5. The molecule has 0 bridgehead atoms. The van der Waals surface area contributed by atoms with Gasteiger partial charge in [-0.25, -0.2) is 0 Å². The Hall–Kier alpha value is 0.990. The summed E-state index contributed by atoms with van der Waals surface area (Å²) in [6, 6.07) is 0. The van der Waals surface area contributed by atoms with Gasteiger partial charge >= 0.3 is 0 Å². The van der Waals surface area contributed by atoms with Crippen LogP contribution >= 0.6 is 33.2 Å². The lowest BCUT2D eigenvalue weighted by molar-refractivity contribution is 0.598. The number of halogens is 1. The second-order valence-corrected chi connectivity index (χ2v) is 5.61. The van der Waals surface area contributed by atoms with Gasteiger partial charge < -0.3 is 0 Å². The number of alkyl halides is 1. The molecule has 0 aliphatic heterocycles. The van der Waals surface area contributed by atoms with E-state index in [-0.39, 0.29) is 0 Å². The highest BCUT2D eigenvalue weighted by Crippen LogP contribution is 2.31. The second-order valence-electron chi connectivity index (χ2n) is 2.52. The van der Waals surface area contributed by atoms with Crippen molar-refractivity contribution in [2.45, 2.75) is 25.5 Å². The molecule has 0 aromatic carbocycles. The van der Waals surface area contributed by atoms with Crippen LogP contribution in [-0.4, -0.2) is 17.4 Å². The van der Waals surface area contributed by atoms with E-state index in [1.165, 1.54) is 0 Å². The van der Waals surface area contributed by atoms with Gasteiger partial charge in [-0.1, -0.05) is 35.4 Å². The molecular formula is C7H15ClS2. The Morgan fingerprint density at radius 3 is 2.30 bits per heavy atom. The molecule has 0 heterocycles. The maximum absolute atomic E-state index is 5.65. The molecule has 0 radical (unpaired) electrons. The zero-order valence-corrected chi connectivity index (χ0v) is 9.15. The molecule has 0 fully saturated rings. The molecule has 0 aromatic rings.